The first-order valence-corrected chi connectivity index (χ1v) is 8.92. The van der Waals surface area contributed by atoms with E-state index in [1.807, 2.05) is 25.1 Å². The second-order valence-electron chi connectivity index (χ2n) is 6.81. The molecule has 3 rings (SSSR count). The van der Waals surface area contributed by atoms with Crippen LogP contribution in [0.3, 0.4) is 0 Å². The first-order valence-electron chi connectivity index (χ1n) is 8.92. The Balaban J connectivity index is 1.73. The molecule has 2 heterocycles. The van der Waals surface area contributed by atoms with Gasteiger partial charge in [0.05, 0.1) is 5.92 Å². The summed E-state index contributed by atoms with van der Waals surface area (Å²) in [6, 6.07) is 6.06. The molecule has 2 aliphatic rings. The highest BCUT2D eigenvalue weighted by atomic mass is 16.2. The molecule has 2 fully saturated rings. The Morgan fingerprint density at radius 3 is 2.60 bits per heavy atom. The highest BCUT2D eigenvalue weighted by Crippen LogP contribution is 2.32. The third-order valence-corrected chi connectivity index (χ3v) is 5.22. The second-order valence-corrected chi connectivity index (χ2v) is 6.81. The van der Waals surface area contributed by atoms with Crippen molar-refractivity contribution in [3.8, 4) is 0 Å². The summed E-state index contributed by atoms with van der Waals surface area (Å²) in [5.74, 6) is -0.235. The number of anilines is 1. The molecular formula is C19H25N3O3. The van der Waals surface area contributed by atoms with Gasteiger partial charge in [0, 0.05) is 44.8 Å². The van der Waals surface area contributed by atoms with Gasteiger partial charge in [-0.15, -0.1) is 0 Å². The number of benzene rings is 1. The molecule has 0 saturated carbocycles. The summed E-state index contributed by atoms with van der Waals surface area (Å²) in [5, 5.41) is 0. The van der Waals surface area contributed by atoms with Crippen LogP contribution in [0.15, 0.2) is 18.2 Å². The summed E-state index contributed by atoms with van der Waals surface area (Å²) < 4.78 is 0. The predicted molar refractivity (Wildman–Crippen MR) is 95.2 cm³/mol. The van der Waals surface area contributed by atoms with Gasteiger partial charge in [-0.3, -0.25) is 14.4 Å². The molecular weight excluding hydrogens is 318 g/mol. The summed E-state index contributed by atoms with van der Waals surface area (Å²) >= 11 is 0. The van der Waals surface area contributed by atoms with Crippen LogP contribution in [-0.2, 0) is 20.8 Å². The quantitative estimate of drug-likeness (QED) is 0.772. The fourth-order valence-electron chi connectivity index (χ4n) is 3.79. The number of aryl methyl sites for hydroxylation is 2. The SMILES string of the molecule is CCc1cccc(C)c1N1CC(C(=O)N2CCN(C=O)CC2)CC1=O. The molecule has 1 atom stereocenters. The van der Waals surface area contributed by atoms with E-state index < -0.39 is 0 Å². The van der Waals surface area contributed by atoms with Crippen molar-refractivity contribution in [2.75, 3.05) is 37.6 Å². The van der Waals surface area contributed by atoms with Crippen molar-refractivity contribution in [1.29, 1.82) is 0 Å². The Morgan fingerprint density at radius 1 is 1.24 bits per heavy atom. The first kappa shape index (κ1) is 17.5. The topological polar surface area (TPSA) is 60.9 Å². The van der Waals surface area contributed by atoms with Crippen molar-refractivity contribution in [3.05, 3.63) is 29.3 Å². The van der Waals surface area contributed by atoms with E-state index in [0.717, 1.165) is 29.6 Å². The molecule has 1 aromatic carbocycles. The van der Waals surface area contributed by atoms with Gasteiger partial charge in [-0.2, -0.15) is 0 Å². The largest absolute Gasteiger partial charge is 0.342 e. The molecule has 25 heavy (non-hydrogen) atoms. The minimum atomic E-state index is -0.292. The average molecular weight is 343 g/mol. The van der Waals surface area contributed by atoms with E-state index in [-0.39, 0.29) is 24.2 Å². The van der Waals surface area contributed by atoms with Crippen molar-refractivity contribution >= 4 is 23.9 Å². The molecule has 0 spiro atoms. The number of piperazine rings is 1. The number of nitrogens with zero attached hydrogens (tertiary/aromatic N) is 3. The number of hydrogen-bond donors (Lipinski definition) is 0. The molecule has 1 aromatic rings. The molecule has 3 amide bonds. The molecule has 0 radical (unpaired) electrons. The minimum absolute atomic E-state index is 0.0221. The monoisotopic (exact) mass is 343 g/mol. The van der Waals surface area contributed by atoms with Crippen LogP contribution in [0.25, 0.3) is 0 Å². The molecule has 0 bridgehead atoms. The molecule has 6 nitrogen and oxygen atoms in total. The normalized spacial score (nSPS) is 21.0. The Morgan fingerprint density at radius 2 is 1.96 bits per heavy atom. The number of para-hydroxylation sites is 1. The molecule has 0 aromatic heterocycles. The van der Waals surface area contributed by atoms with Gasteiger partial charge in [0.1, 0.15) is 0 Å². The smallest absolute Gasteiger partial charge is 0.228 e. The molecule has 2 saturated heterocycles. The van der Waals surface area contributed by atoms with E-state index in [2.05, 4.69) is 6.92 Å². The molecule has 0 N–H and O–H groups in total. The molecule has 134 valence electrons. The Labute approximate surface area is 148 Å². The van der Waals surface area contributed by atoms with E-state index in [4.69, 9.17) is 0 Å². The van der Waals surface area contributed by atoms with Crippen LogP contribution in [0, 0.1) is 12.8 Å². The van der Waals surface area contributed by atoms with Gasteiger partial charge in [-0.1, -0.05) is 25.1 Å². The summed E-state index contributed by atoms with van der Waals surface area (Å²) in [6.45, 7) is 6.77. The van der Waals surface area contributed by atoms with E-state index in [9.17, 15) is 14.4 Å². The first-order chi connectivity index (χ1) is 12.0. The summed E-state index contributed by atoms with van der Waals surface area (Å²) in [6.07, 6.45) is 1.95. The van der Waals surface area contributed by atoms with E-state index in [1.165, 1.54) is 0 Å². The number of carbonyl (C=O) groups excluding carboxylic acids is 3. The lowest BCUT2D eigenvalue weighted by Gasteiger charge is -2.34. The maximum atomic E-state index is 12.8. The Hall–Kier alpha value is -2.37. The number of rotatable bonds is 4. The maximum absolute atomic E-state index is 12.8. The van der Waals surface area contributed by atoms with Crippen molar-refractivity contribution in [1.82, 2.24) is 9.80 Å². The van der Waals surface area contributed by atoms with Crippen LogP contribution in [0.2, 0.25) is 0 Å². The van der Waals surface area contributed by atoms with Gasteiger partial charge < -0.3 is 14.7 Å². The van der Waals surface area contributed by atoms with Gasteiger partial charge in [0.2, 0.25) is 18.2 Å². The van der Waals surface area contributed by atoms with Gasteiger partial charge in [-0.25, -0.2) is 0 Å². The zero-order valence-electron chi connectivity index (χ0n) is 14.9. The summed E-state index contributed by atoms with van der Waals surface area (Å²) in [4.78, 5) is 41.4. The van der Waals surface area contributed by atoms with Gasteiger partial charge in [-0.05, 0) is 24.5 Å². The Bertz CT molecular complexity index is 680. The van der Waals surface area contributed by atoms with Crippen LogP contribution < -0.4 is 4.90 Å². The minimum Gasteiger partial charge on any atom is -0.342 e. The van der Waals surface area contributed by atoms with Crippen LogP contribution in [-0.4, -0.2) is 60.7 Å². The zero-order chi connectivity index (χ0) is 18.0. The summed E-state index contributed by atoms with van der Waals surface area (Å²) in [5.41, 5.74) is 3.18. The lowest BCUT2D eigenvalue weighted by molar-refractivity contribution is -0.139. The molecule has 0 aliphatic carbocycles. The number of carbonyl (C=O) groups is 3. The van der Waals surface area contributed by atoms with Crippen LogP contribution in [0.1, 0.15) is 24.5 Å². The van der Waals surface area contributed by atoms with E-state index in [0.29, 0.717) is 32.7 Å². The van der Waals surface area contributed by atoms with Crippen molar-refractivity contribution in [3.63, 3.8) is 0 Å². The third-order valence-electron chi connectivity index (χ3n) is 5.22. The third kappa shape index (κ3) is 3.38. The standard InChI is InChI=1S/C19H25N3O3/c1-3-15-6-4-5-14(2)18(15)22-12-16(11-17(22)24)19(25)21-9-7-20(13-23)8-10-21/h4-6,13,16H,3,7-12H2,1-2H3. The summed E-state index contributed by atoms with van der Waals surface area (Å²) in [7, 11) is 0. The fourth-order valence-corrected chi connectivity index (χ4v) is 3.79. The van der Waals surface area contributed by atoms with E-state index >= 15 is 0 Å². The zero-order valence-corrected chi connectivity index (χ0v) is 14.9. The molecule has 1 unspecified atom stereocenters. The lowest BCUT2D eigenvalue weighted by atomic mass is 10.0. The molecule has 6 heteroatoms. The second kappa shape index (κ2) is 7.25. The van der Waals surface area contributed by atoms with Gasteiger partial charge in [0.25, 0.3) is 0 Å². The average Bonchev–Trinajstić information content (AvgIpc) is 3.02. The van der Waals surface area contributed by atoms with E-state index in [1.54, 1.807) is 14.7 Å². The van der Waals surface area contributed by atoms with Crippen LogP contribution in [0.5, 0.6) is 0 Å². The lowest BCUT2D eigenvalue weighted by Crippen LogP contribution is -2.50. The molecule has 2 aliphatic heterocycles. The van der Waals surface area contributed by atoms with Crippen LogP contribution in [0.4, 0.5) is 5.69 Å². The highest BCUT2D eigenvalue weighted by Gasteiger charge is 2.38. The van der Waals surface area contributed by atoms with Gasteiger partial charge >= 0.3 is 0 Å². The fraction of sp³-hybridized carbons (Fsp3) is 0.526. The highest BCUT2D eigenvalue weighted by molar-refractivity contribution is 6.01. The van der Waals surface area contributed by atoms with Gasteiger partial charge in [0.15, 0.2) is 0 Å². The Kier molecular flexibility index (Phi) is 5.06. The number of amides is 3. The van der Waals surface area contributed by atoms with Crippen molar-refractivity contribution < 1.29 is 14.4 Å². The number of hydrogen-bond acceptors (Lipinski definition) is 3. The predicted octanol–water partition coefficient (Wildman–Crippen LogP) is 1.21. The maximum Gasteiger partial charge on any atom is 0.228 e. The van der Waals surface area contributed by atoms with Crippen LogP contribution >= 0.6 is 0 Å². The van der Waals surface area contributed by atoms with Crippen molar-refractivity contribution in [2.24, 2.45) is 5.92 Å². The van der Waals surface area contributed by atoms with Crippen molar-refractivity contribution in [2.45, 2.75) is 26.7 Å².